The van der Waals surface area contributed by atoms with Crippen LogP contribution in [0.15, 0.2) is 72.2 Å². The van der Waals surface area contributed by atoms with Gasteiger partial charge in [0.05, 0.1) is 31.5 Å². The molecular weight excluding hydrogens is 434 g/mol. The van der Waals surface area contributed by atoms with Crippen molar-refractivity contribution in [3.8, 4) is 28.4 Å². The molecule has 1 aliphatic rings. The summed E-state index contributed by atoms with van der Waals surface area (Å²) in [7, 11) is 3.24. The highest BCUT2D eigenvalue weighted by Gasteiger charge is 2.34. The number of para-hydroxylation sites is 1. The first-order valence-corrected chi connectivity index (χ1v) is 11.8. The van der Waals surface area contributed by atoms with Crippen LogP contribution in [0, 0.1) is 0 Å². The van der Waals surface area contributed by atoms with Crippen molar-refractivity contribution in [2.24, 2.45) is 0 Å². The zero-order valence-corrected chi connectivity index (χ0v) is 19.4. The van der Waals surface area contributed by atoms with Crippen LogP contribution in [-0.2, 0) is 0 Å². The van der Waals surface area contributed by atoms with E-state index in [1.807, 2.05) is 65.7 Å². The van der Waals surface area contributed by atoms with Crippen LogP contribution in [0.2, 0.25) is 0 Å². The van der Waals surface area contributed by atoms with Gasteiger partial charge in [-0.1, -0.05) is 24.3 Å². The lowest BCUT2D eigenvalue weighted by atomic mass is 10.0. The van der Waals surface area contributed by atoms with Crippen LogP contribution in [0.4, 0.5) is 0 Å². The van der Waals surface area contributed by atoms with Gasteiger partial charge >= 0.3 is 0 Å². The summed E-state index contributed by atoms with van der Waals surface area (Å²) < 4.78 is 12.8. The molecule has 6 nitrogen and oxygen atoms in total. The molecule has 2 aromatic carbocycles. The highest BCUT2D eigenvalue weighted by molar-refractivity contribution is 7.10. The van der Waals surface area contributed by atoms with Gasteiger partial charge in [0, 0.05) is 23.2 Å². The molecule has 0 saturated carbocycles. The average Bonchev–Trinajstić information content (AvgIpc) is 3.64. The molecule has 0 radical (unpaired) electrons. The summed E-state index contributed by atoms with van der Waals surface area (Å²) in [5.74, 6) is 1.29. The fraction of sp³-hybridized carbons (Fsp3) is 0.231. The van der Waals surface area contributed by atoms with Crippen molar-refractivity contribution in [3.63, 3.8) is 0 Å². The average molecular weight is 460 g/mol. The van der Waals surface area contributed by atoms with E-state index in [-0.39, 0.29) is 11.9 Å². The second-order valence-electron chi connectivity index (χ2n) is 7.91. The number of carbonyl (C=O) groups excluding carboxylic acids is 1. The second-order valence-corrected chi connectivity index (χ2v) is 8.89. The Kier molecular flexibility index (Phi) is 5.88. The van der Waals surface area contributed by atoms with Crippen molar-refractivity contribution >= 4 is 17.2 Å². The van der Waals surface area contributed by atoms with Gasteiger partial charge in [-0.3, -0.25) is 4.79 Å². The summed E-state index contributed by atoms with van der Waals surface area (Å²) in [6, 6.07) is 19.6. The van der Waals surface area contributed by atoms with Crippen molar-refractivity contribution in [1.29, 1.82) is 0 Å². The maximum Gasteiger partial charge on any atom is 0.258 e. The topological polar surface area (TPSA) is 56.6 Å². The molecule has 2 aromatic heterocycles. The quantitative estimate of drug-likeness (QED) is 0.377. The highest BCUT2D eigenvalue weighted by Crippen LogP contribution is 2.39. The molecule has 168 valence electrons. The molecule has 1 aliphatic heterocycles. The minimum absolute atomic E-state index is 0.0204. The van der Waals surface area contributed by atoms with Crippen molar-refractivity contribution in [2.75, 3.05) is 20.8 Å². The molecule has 0 aliphatic carbocycles. The van der Waals surface area contributed by atoms with Crippen molar-refractivity contribution in [1.82, 2.24) is 14.7 Å². The summed E-state index contributed by atoms with van der Waals surface area (Å²) in [4.78, 5) is 17.2. The highest BCUT2D eigenvalue weighted by atomic mass is 32.1. The molecule has 0 bridgehead atoms. The van der Waals surface area contributed by atoms with E-state index in [1.165, 1.54) is 4.88 Å². The normalized spacial score (nSPS) is 15.6. The Morgan fingerprint density at radius 3 is 2.64 bits per heavy atom. The van der Waals surface area contributed by atoms with Gasteiger partial charge in [-0.05, 0) is 54.6 Å². The van der Waals surface area contributed by atoms with Gasteiger partial charge in [-0.2, -0.15) is 5.10 Å². The van der Waals surface area contributed by atoms with Crippen molar-refractivity contribution in [3.05, 3.63) is 82.7 Å². The lowest BCUT2D eigenvalue weighted by Gasteiger charge is -2.24. The zero-order chi connectivity index (χ0) is 22.8. The summed E-state index contributed by atoms with van der Waals surface area (Å²) in [6.07, 6.45) is 3.78. The predicted molar refractivity (Wildman–Crippen MR) is 129 cm³/mol. The van der Waals surface area contributed by atoms with E-state index >= 15 is 0 Å². The van der Waals surface area contributed by atoms with Crippen LogP contribution in [0.3, 0.4) is 0 Å². The number of amides is 1. The zero-order valence-electron chi connectivity index (χ0n) is 18.6. The van der Waals surface area contributed by atoms with Crippen LogP contribution < -0.4 is 9.47 Å². The minimum atomic E-state index is -0.0204. The molecule has 3 heterocycles. The lowest BCUT2D eigenvalue weighted by molar-refractivity contribution is 0.0738. The molecule has 0 N–H and O–H groups in total. The molecule has 5 rings (SSSR count). The maximum absolute atomic E-state index is 14.0. The predicted octanol–water partition coefficient (Wildman–Crippen LogP) is 5.60. The summed E-state index contributed by atoms with van der Waals surface area (Å²) in [5, 5.41) is 6.92. The van der Waals surface area contributed by atoms with Gasteiger partial charge in [0.15, 0.2) is 0 Å². The number of thiophene rings is 1. The third-order valence-electron chi connectivity index (χ3n) is 6.01. The Bertz CT molecular complexity index is 1250. The summed E-state index contributed by atoms with van der Waals surface area (Å²) >= 11 is 1.70. The van der Waals surface area contributed by atoms with E-state index in [1.54, 1.807) is 30.2 Å². The molecule has 33 heavy (non-hydrogen) atoms. The number of hydrogen-bond acceptors (Lipinski definition) is 5. The summed E-state index contributed by atoms with van der Waals surface area (Å²) in [5.41, 5.74) is 2.74. The second kappa shape index (κ2) is 9.11. The lowest BCUT2D eigenvalue weighted by Crippen LogP contribution is -2.30. The maximum atomic E-state index is 14.0. The molecule has 0 unspecified atom stereocenters. The number of hydrogen-bond donors (Lipinski definition) is 0. The molecule has 4 aromatic rings. The van der Waals surface area contributed by atoms with Gasteiger partial charge in [0.25, 0.3) is 5.91 Å². The number of likely N-dealkylation sites (tertiary alicyclic amines) is 1. The Balaban J connectivity index is 1.64. The number of aromatic nitrogens is 2. The Morgan fingerprint density at radius 2 is 1.91 bits per heavy atom. The van der Waals surface area contributed by atoms with Crippen molar-refractivity contribution < 1.29 is 14.3 Å². The minimum Gasteiger partial charge on any atom is -0.497 e. The number of benzene rings is 2. The van der Waals surface area contributed by atoms with E-state index in [4.69, 9.17) is 14.6 Å². The van der Waals surface area contributed by atoms with Gasteiger partial charge in [-0.25, -0.2) is 4.68 Å². The Hall–Kier alpha value is -3.58. The van der Waals surface area contributed by atoms with Crippen LogP contribution in [0.1, 0.15) is 34.1 Å². The van der Waals surface area contributed by atoms with E-state index in [9.17, 15) is 4.79 Å². The smallest absolute Gasteiger partial charge is 0.258 e. The fourth-order valence-corrected chi connectivity index (χ4v) is 5.26. The van der Waals surface area contributed by atoms with Crippen LogP contribution in [-0.4, -0.2) is 41.4 Å². The monoisotopic (exact) mass is 459 g/mol. The third kappa shape index (κ3) is 4.00. The number of ether oxygens (including phenoxy) is 2. The standard InChI is InChI=1S/C26H25N3O3S/c1-31-19-12-13-23(32-2)20(16-19)25-21(17-29(27-25)18-8-4-3-5-9-18)26(30)28-14-6-10-22(28)24-11-7-15-33-24/h3-5,7-9,11-13,15-17,22H,6,10,14H2,1-2H3/t22-/m0/s1. The van der Waals surface area contributed by atoms with Crippen LogP contribution in [0.5, 0.6) is 11.5 Å². The first-order valence-electron chi connectivity index (χ1n) is 10.9. The Labute approximate surface area is 197 Å². The van der Waals surface area contributed by atoms with Crippen LogP contribution >= 0.6 is 11.3 Å². The molecule has 0 spiro atoms. The molecule has 1 saturated heterocycles. The van der Waals surface area contributed by atoms with E-state index < -0.39 is 0 Å². The van der Waals surface area contributed by atoms with E-state index in [2.05, 4.69) is 11.4 Å². The molecular formula is C26H25N3O3S. The third-order valence-corrected chi connectivity index (χ3v) is 6.99. The van der Waals surface area contributed by atoms with Crippen LogP contribution in [0.25, 0.3) is 16.9 Å². The van der Waals surface area contributed by atoms with E-state index in [0.29, 0.717) is 22.8 Å². The molecule has 1 atom stereocenters. The number of methoxy groups -OCH3 is 2. The SMILES string of the molecule is COc1ccc(OC)c(-c2nn(-c3ccccc3)cc2C(=O)N2CCC[C@H]2c2cccs2)c1. The van der Waals surface area contributed by atoms with E-state index in [0.717, 1.165) is 30.6 Å². The molecule has 1 amide bonds. The summed E-state index contributed by atoms with van der Waals surface area (Å²) in [6.45, 7) is 0.729. The Morgan fingerprint density at radius 1 is 1.06 bits per heavy atom. The number of nitrogens with zero attached hydrogens (tertiary/aromatic N) is 3. The van der Waals surface area contributed by atoms with Gasteiger partial charge < -0.3 is 14.4 Å². The molecule has 7 heteroatoms. The van der Waals surface area contributed by atoms with Gasteiger partial charge in [0.2, 0.25) is 0 Å². The largest absolute Gasteiger partial charge is 0.497 e. The molecule has 1 fully saturated rings. The van der Waals surface area contributed by atoms with Crippen molar-refractivity contribution in [2.45, 2.75) is 18.9 Å². The van der Waals surface area contributed by atoms with Gasteiger partial charge in [0.1, 0.15) is 17.2 Å². The number of carbonyl (C=O) groups is 1. The number of rotatable bonds is 6. The van der Waals surface area contributed by atoms with Gasteiger partial charge in [-0.15, -0.1) is 11.3 Å². The fourth-order valence-electron chi connectivity index (χ4n) is 4.38. The first-order chi connectivity index (χ1) is 16.2. The first kappa shape index (κ1) is 21.3.